The summed E-state index contributed by atoms with van der Waals surface area (Å²) in [6.45, 7) is 5.42. The topological polar surface area (TPSA) is 64.1 Å². The third kappa shape index (κ3) is 3.64. The Labute approximate surface area is 119 Å². The first-order valence-corrected chi connectivity index (χ1v) is 6.55. The molecule has 0 spiro atoms. The van der Waals surface area contributed by atoms with Crippen LogP contribution in [0.15, 0.2) is 29.0 Å². The number of carbonyl (C=O) groups excluding carboxylic acids is 1. The van der Waals surface area contributed by atoms with E-state index in [1.54, 1.807) is 18.5 Å². The van der Waals surface area contributed by atoms with Crippen molar-refractivity contribution in [3.05, 3.63) is 29.0 Å². The molecule has 0 saturated carbocycles. The lowest BCUT2D eigenvalue weighted by molar-refractivity contribution is 0.0635. The van der Waals surface area contributed by atoms with E-state index in [1.807, 2.05) is 26.8 Å². The maximum Gasteiger partial charge on any atom is 0.413 e. The molecule has 0 unspecified atom stereocenters. The van der Waals surface area contributed by atoms with Gasteiger partial charge in [0.05, 0.1) is 9.99 Å². The second-order valence-electron chi connectivity index (χ2n) is 5.02. The molecule has 0 radical (unpaired) electrons. The molecule has 2 aromatic heterocycles. The number of hydrogen-bond acceptors (Lipinski definition) is 4. The van der Waals surface area contributed by atoms with Crippen LogP contribution in [0.3, 0.4) is 0 Å². The number of halogens is 1. The van der Waals surface area contributed by atoms with Crippen LogP contribution in [-0.4, -0.2) is 21.7 Å². The molecular formula is C13H14BrN3O2. The molecule has 0 aliphatic carbocycles. The first kappa shape index (κ1) is 13.7. The van der Waals surface area contributed by atoms with Crippen LogP contribution in [-0.2, 0) is 4.74 Å². The number of fused-ring (bicyclic) bond motifs is 1. The lowest BCUT2D eigenvalue weighted by atomic mass is 10.2. The van der Waals surface area contributed by atoms with Gasteiger partial charge in [-0.25, -0.2) is 9.78 Å². The summed E-state index contributed by atoms with van der Waals surface area (Å²) in [5, 5.41) is 3.50. The number of pyridine rings is 2. The molecule has 1 amide bonds. The van der Waals surface area contributed by atoms with Crippen molar-refractivity contribution in [1.82, 2.24) is 9.97 Å². The highest BCUT2D eigenvalue weighted by molar-refractivity contribution is 9.10. The molecule has 2 aromatic rings. The molecule has 2 rings (SSSR count). The molecule has 0 saturated heterocycles. The molecule has 5 nitrogen and oxygen atoms in total. The van der Waals surface area contributed by atoms with Gasteiger partial charge in [-0.15, -0.1) is 0 Å². The Morgan fingerprint density at radius 2 is 2.05 bits per heavy atom. The zero-order valence-corrected chi connectivity index (χ0v) is 12.5. The van der Waals surface area contributed by atoms with E-state index in [0.29, 0.717) is 5.82 Å². The Balaban J connectivity index is 2.22. The summed E-state index contributed by atoms with van der Waals surface area (Å²) in [5.74, 6) is 0.439. The quantitative estimate of drug-likeness (QED) is 0.868. The van der Waals surface area contributed by atoms with Crippen LogP contribution in [0.25, 0.3) is 10.9 Å². The van der Waals surface area contributed by atoms with Crippen molar-refractivity contribution in [2.75, 3.05) is 5.32 Å². The van der Waals surface area contributed by atoms with Gasteiger partial charge in [0.25, 0.3) is 0 Å². The average Bonchev–Trinajstić information content (AvgIpc) is 2.27. The van der Waals surface area contributed by atoms with E-state index in [9.17, 15) is 4.79 Å². The van der Waals surface area contributed by atoms with Gasteiger partial charge >= 0.3 is 6.09 Å². The summed E-state index contributed by atoms with van der Waals surface area (Å²) < 4.78 is 5.95. The molecule has 6 heteroatoms. The molecule has 0 bridgehead atoms. The minimum Gasteiger partial charge on any atom is -0.444 e. The molecule has 0 aromatic carbocycles. The van der Waals surface area contributed by atoms with Gasteiger partial charge in [0, 0.05) is 17.8 Å². The van der Waals surface area contributed by atoms with Crippen molar-refractivity contribution >= 4 is 38.7 Å². The predicted octanol–water partition coefficient (Wildman–Crippen LogP) is 3.74. The fourth-order valence-electron chi connectivity index (χ4n) is 1.49. The molecule has 100 valence electrons. The van der Waals surface area contributed by atoms with Crippen molar-refractivity contribution in [3.8, 4) is 0 Å². The van der Waals surface area contributed by atoms with E-state index < -0.39 is 11.7 Å². The highest BCUT2D eigenvalue weighted by Crippen LogP contribution is 2.22. The third-order valence-electron chi connectivity index (χ3n) is 2.18. The fraction of sp³-hybridized carbons (Fsp3) is 0.308. The van der Waals surface area contributed by atoms with Crippen LogP contribution < -0.4 is 5.32 Å². The number of nitrogens with one attached hydrogen (secondary N) is 1. The SMILES string of the molecule is CC(C)(C)OC(=O)Nc1ccc2cncc(Br)c2n1. The Morgan fingerprint density at radius 1 is 1.32 bits per heavy atom. The number of amides is 1. The van der Waals surface area contributed by atoms with Crippen molar-refractivity contribution in [2.45, 2.75) is 26.4 Å². The Kier molecular flexibility index (Phi) is 3.71. The summed E-state index contributed by atoms with van der Waals surface area (Å²) in [6, 6.07) is 3.55. The monoisotopic (exact) mass is 323 g/mol. The largest absolute Gasteiger partial charge is 0.444 e. The fourth-order valence-corrected chi connectivity index (χ4v) is 1.92. The number of aromatic nitrogens is 2. The first-order valence-electron chi connectivity index (χ1n) is 5.75. The molecule has 0 fully saturated rings. The maximum absolute atomic E-state index is 11.7. The number of ether oxygens (including phenoxy) is 1. The van der Waals surface area contributed by atoms with Crippen molar-refractivity contribution in [1.29, 1.82) is 0 Å². The molecule has 0 aliphatic rings. The van der Waals surface area contributed by atoms with E-state index in [0.717, 1.165) is 15.4 Å². The third-order valence-corrected chi connectivity index (χ3v) is 2.76. The zero-order valence-electron chi connectivity index (χ0n) is 10.9. The molecule has 2 heterocycles. The average molecular weight is 324 g/mol. The number of nitrogens with zero attached hydrogens (tertiary/aromatic N) is 2. The normalized spacial score (nSPS) is 11.4. The number of hydrogen-bond donors (Lipinski definition) is 1. The van der Waals surface area contributed by atoms with E-state index in [2.05, 4.69) is 31.2 Å². The first-order chi connectivity index (χ1) is 8.85. The Bertz CT molecular complexity index is 623. The summed E-state index contributed by atoms with van der Waals surface area (Å²) in [6.07, 6.45) is 2.85. The summed E-state index contributed by atoms with van der Waals surface area (Å²) in [7, 11) is 0. The van der Waals surface area contributed by atoms with Crippen molar-refractivity contribution < 1.29 is 9.53 Å². The highest BCUT2D eigenvalue weighted by atomic mass is 79.9. The second-order valence-corrected chi connectivity index (χ2v) is 5.87. The Morgan fingerprint density at radius 3 is 2.74 bits per heavy atom. The maximum atomic E-state index is 11.7. The smallest absolute Gasteiger partial charge is 0.413 e. The number of anilines is 1. The van der Waals surface area contributed by atoms with Crippen LogP contribution in [0.2, 0.25) is 0 Å². The Hall–Kier alpha value is -1.69. The van der Waals surface area contributed by atoms with E-state index in [1.165, 1.54) is 0 Å². The van der Waals surface area contributed by atoms with Gasteiger partial charge in [-0.1, -0.05) is 0 Å². The van der Waals surface area contributed by atoms with Gasteiger partial charge in [-0.05, 0) is 48.8 Å². The molecule has 1 N–H and O–H groups in total. The predicted molar refractivity (Wildman–Crippen MR) is 77.1 cm³/mol. The standard InChI is InChI=1S/C13H14BrN3O2/c1-13(2,3)19-12(18)17-10-5-4-8-6-15-7-9(14)11(8)16-10/h4-7H,1-3H3,(H,16,17,18). The summed E-state index contributed by atoms with van der Waals surface area (Å²) in [4.78, 5) is 20.1. The molecule has 19 heavy (non-hydrogen) atoms. The van der Waals surface area contributed by atoms with Gasteiger partial charge in [-0.2, -0.15) is 0 Å². The van der Waals surface area contributed by atoms with Crippen molar-refractivity contribution in [2.24, 2.45) is 0 Å². The number of rotatable bonds is 1. The molecular weight excluding hydrogens is 310 g/mol. The van der Waals surface area contributed by atoms with E-state index in [-0.39, 0.29) is 0 Å². The van der Waals surface area contributed by atoms with E-state index >= 15 is 0 Å². The van der Waals surface area contributed by atoms with Gasteiger partial charge in [0.15, 0.2) is 0 Å². The van der Waals surface area contributed by atoms with E-state index in [4.69, 9.17) is 4.74 Å². The number of carbonyl (C=O) groups is 1. The van der Waals surface area contributed by atoms with Gasteiger partial charge in [0.1, 0.15) is 11.4 Å². The van der Waals surface area contributed by atoms with Crippen LogP contribution in [0.5, 0.6) is 0 Å². The lowest BCUT2D eigenvalue weighted by Crippen LogP contribution is -2.27. The summed E-state index contributed by atoms with van der Waals surface area (Å²) >= 11 is 3.38. The molecule has 0 aliphatic heterocycles. The summed E-state index contributed by atoms with van der Waals surface area (Å²) in [5.41, 5.74) is 0.203. The van der Waals surface area contributed by atoms with Gasteiger partial charge in [-0.3, -0.25) is 10.3 Å². The van der Waals surface area contributed by atoms with Crippen LogP contribution in [0, 0.1) is 0 Å². The van der Waals surface area contributed by atoms with Gasteiger partial charge in [0.2, 0.25) is 0 Å². The minimum atomic E-state index is -0.536. The van der Waals surface area contributed by atoms with Crippen LogP contribution >= 0.6 is 15.9 Å². The van der Waals surface area contributed by atoms with Gasteiger partial charge < -0.3 is 4.74 Å². The zero-order chi connectivity index (χ0) is 14.0. The molecule has 0 atom stereocenters. The van der Waals surface area contributed by atoms with Crippen LogP contribution in [0.1, 0.15) is 20.8 Å². The second kappa shape index (κ2) is 5.13. The minimum absolute atomic E-state index is 0.439. The van der Waals surface area contributed by atoms with Crippen molar-refractivity contribution in [3.63, 3.8) is 0 Å². The van der Waals surface area contributed by atoms with Crippen LogP contribution in [0.4, 0.5) is 10.6 Å². The lowest BCUT2D eigenvalue weighted by Gasteiger charge is -2.19. The highest BCUT2D eigenvalue weighted by Gasteiger charge is 2.16.